The van der Waals surface area contributed by atoms with E-state index in [9.17, 15) is 14.4 Å². The molecule has 0 bridgehead atoms. The molecule has 1 atom stereocenters. The van der Waals surface area contributed by atoms with Crippen LogP contribution in [-0.4, -0.2) is 26.5 Å². The summed E-state index contributed by atoms with van der Waals surface area (Å²) in [7, 11) is 0. The maximum absolute atomic E-state index is 13.4. The molecule has 4 rings (SSSR count). The molecule has 1 N–H and O–H groups in total. The van der Waals surface area contributed by atoms with Crippen LogP contribution in [0.2, 0.25) is 0 Å². The SMILES string of the molecule is C=CCn1c(SC(C)C(=O)Nc2ccc(C(C)=O)cc2)nc2scc(-c3cccs3)c2c1=O. The molecule has 0 radical (unpaired) electrons. The quantitative estimate of drug-likeness (QED) is 0.147. The van der Waals surface area contributed by atoms with Crippen molar-refractivity contribution in [3.63, 3.8) is 0 Å². The van der Waals surface area contributed by atoms with Crippen molar-refractivity contribution in [2.24, 2.45) is 0 Å². The Bertz CT molecular complexity index is 1390. The Hall–Kier alpha value is -3.01. The largest absolute Gasteiger partial charge is 0.325 e. The highest BCUT2D eigenvalue weighted by Gasteiger charge is 2.22. The normalized spacial score (nSPS) is 11.9. The smallest absolute Gasteiger partial charge is 0.263 e. The lowest BCUT2D eigenvalue weighted by Crippen LogP contribution is -2.26. The third kappa shape index (κ3) is 4.85. The maximum atomic E-state index is 13.4. The van der Waals surface area contributed by atoms with Crippen LogP contribution in [-0.2, 0) is 11.3 Å². The zero-order valence-corrected chi connectivity index (χ0v) is 20.5. The van der Waals surface area contributed by atoms with Gasteiger partial charge in [0.05, 0.1) is 10.6 Å². The van der Waals surface area contributed by atoms with Crippen LogP contribution in [0.25, 0.3) is 20.7 Å². The average Bonchev–Trinajstić information content (AvgIpc) is 3.46. The molecule has 168 valence electrons. The summed E-state index contributed by atoms with van der Waals surface area (Å²) < 4.78 is 1.56. The molecule has 0 saturated heterocycles. The first kappa shape index (κ1) is 23.2. The molecule has 4 aromatic rings. The van der Waals surface area contributed by atoms with Crippen LogP contribution in [0.5, 0.6) is 0 Å². The topological polar surface area (TPSA) is 81.1 Å². The Morgan fingerprint density at radius 1 is 1.24 bits per heavy atom. The molecule has 3 heterocycles. The molecular weight excluding hydrogens is 474 g/mol. The highest BCUT2D eigenvalue weighted by molar-refractivity contribution is 8.00. The summed E-state index contributed by atoms with van der Waals surface area (Å²) in [5.74, 6) is -0.255. The molecule has 6 nitrogen and oxygen atoms in total. The van der Waals surface area contributed by atoms with Gasteiger partial charge < -0.3 is 5.32 Å². The molecule has 1 unspecified atom stereocenters. The molecule has 0 aliphatic rings. The number of carbonyl (C=O) groups excluding carboxylic acids is 2. The molecular formula is C24H21N3O3S3. The van der Waals surface area contributed by atoms with Crippen molar-refractivity contribution in [1.29, 1.82) is 0 Å². The number of fused-ring (bicyclic) bond motifs is 1. The van der Waals surface area contributed by atoms with Crippen molar-refractivity contribution >= 4 is 62.0 Å². The second-order valence-corrected chi connectivity index (χ2v) is 10.4. The summed E-state index contributed by atoms with van der Waals surface area (Å²) >= 11 is 4.23. The number of anilines is 1. The highest BCUT2D eigenvalue weighted by Crippen LogP contribution is 2.35. The predicted molar refractivity (Wildman–Crippen MR) is 138 cm³/mol. The third-order valence-corrected chi connectivity index (χ3v) is 7.83. The summed E-state index contributed by atoms with van der Waals surface area (Å²) in [5, 5.41) is 7.35. The van der Waals surface area contributed by atoms with E-state index in [0.717, 1.165) is 10.4 Å². The number of amides is 1. The zero-order valence-electron chi connectivity index (χ0n) is 18.0. The van der Waals surface area contributed by atoms with Gasteiger partial charge in [0, 0.05) is 33.6 Å². The van der Waals surface area contributed by atoms with E-state index in [2.05, 4.69) is 11.9 Å². The van der Waals surface area contributed by atoms with E-state index >= 15 is 0 Å². The number of hydrogen-bond donors (Lipinski definition) is 1. The zero-order chi connectivity index (χ0) is 23.5. The van der Waals surface area contributed by atoms with Gasteiger partial charge in [-0.15, -0.1) is 29.3 Å². The van der Waals surface area contributed by atoms with E-state index in [4.69, 9.17) is 4.98 Å². The number of thiophene rings is 2. The van der Waals surface area contributed by atoms with Crippen LogP contribution in [0.1, 0.15) is 24.2 Å². The maximum Gasteiger partial charge on any atom is 0.263 e. The van der Waals surface area contributed by atoms with Crippen LogP contribution in [0, 0.1) is 0 Å². The summed E-state index contributed by atoms with van der Waals surface area (Å²) in [6.45, 7) is 7.33. The number of Topliss-reactive ketones (excluding diaryl/α,β-unsaturated/α-hetero) is 1. The molecule has 0 spiro atoms. The standard InChI is InChI=1S/C24H21N3O3S3/c1-4-11-27-23(30)20-18(19-6-5-12-31-19)13-32-22(20)26-24(27)33-15(3)21(29)25-17-9-7-16(8-10-17)14(2)28/h4-10,12-13,15H,1,11H2,2-3H3,(H,25,29). The molecule has 0 aliphatic heterocycles. The van der Waals surface area contributed by atoms with Crippen molar-refractivity contribution < 1.29 is 9.59 Å². The number of carbonyl (C=O) groups is 2. The number of nitrogens with one attached hydrogen (secondary N) is 1. The van der Waals surface area contributed by atoms with Gasteiger partial charge in [0.1, 0.15) is 4.83 Å². The number of hydrogen-bond acceptors (Lipinski definition) is 7. The molecule has 33 heavy (non-hydrogen) atoms. The molecule has 9 heteroatoms. The first-order valence-corrected chi connectivity index (χ1v) is 12.8. The van der Waals surface area contributed by atoms with Crippen LogP contribution in [0.4, 0.5) is 5.69 Å². The van der Waals surface area contributed by atoms with Crippen LogP contribution in [0.3, 0.4) is 0 Å². The van der Waals surface area contributed by atoms with E-state index in [1.54, 1.807) is 53.2 Å². The molecule has 0 saturated carbocycles. The Morgan fingerprint density at radius 3 is 2.64 bits per heavy atom. The Kier molecular flexibility index (Phi) is 6.92. The van der Waals surface area contributed by atoms with Crippen molar-refractivity contribution in [2.75, 3.05) is 5.32 Å². The number of rotatable bonds is 8. The molecule has 3 aromatic heterocycles. The van der Waals surface area contributed by atoms with Crippen LogP contribution >= 0.6 is 34.4 Å². The number of ketones is 1. The number of aromatic nitrogens is 2. The number of benzene rings is 1. The fraction of sp³-hybridized carbons (Fsp3) is 0.167. The van der Waals surface area contributed by atoms with Crippen molar-refractivity contribution in [3.05, 3.63) is 75.7 Å². The molecule has 1 amide bonds. The highest BCUT2D eigenvalue weighted by atomic mass is 32.2. The van der Waals surface area contributed by atoms with Gasteiger partial charge in [-0.3, -0.25) is 19.0 Å². The van der Waals surface area contributed by atoms with Gasteiger partial charge in [-0.05, 0) is 49.6 Å². The minimum absolute atomic E-state index is 0.0331. The lowest BCUT2D eigenvalue weighted by Gasteiger charge is -2.15. The lowest BCUT2D eigenvalue weighted by atomic mass is 10.1. The van der Waals surface area contributed by atoms with Gasteiger partial charge in [0.15, 0.2) is 10.9 Å². The summed E-state index contributed by atoms with van der Waals surface area (Å²) in [6.07, 6.45) is 1.65. The first-order valence-electron chi connectivity index (χ1n) is 10.1. The Labute approximate surface area is 203 Å². The van der Waals surface area contributed by atoms with Gasteiger partial charge in [-0.2, -0.15) is 0 Å². The Balaban J connectivity index is 1.61. The van der Waals surface area contributed by atoms with Crippen molar-refractivity contribution in [3.8, 4) is 10.4 Å². The predicted octanol–water partition coefficient (Wildman–Crippen LogP) is 5.69. The monoisotopic (exact) mass is 495 g/mol. The van der Waals surface area contributed by atoms with Crippen molar-refractivity contribution in [2.45, 2.75) is 30.8 Å². The van der Waals surface area contributed by atoms with E-state index in [-0.39, 0.29) is 17.2 Å². The van der Waals surface area contributed by atoms with E-state index in [1.165, 1.54) is 30.0 Å². The van der Waals surface area contributed by atoms with Gasteiger partial charge in [0.25, 0.3) is 5.56 Å². The second kappa shape index (κ2) is 9.86. The average molecular weight is 496 g/mol. The van der Waals surface area contributed by atoms with Gasteiger partial charge in [-0.1, -0.05) is 23.9 Å². The van der Waals surface area contributed by atoms with Crippen LogP contribution < -0.4 is 10.9 Å². The molecule has 0 aliphatic carbocycles. The van der Waals surface area contributed by atoms with Gasteiger partial charge in [-0.25, -0.2) is 4.98 Å². The Morgan fingerprint density at radius 2 is 2.00 bits per heavy atom. The summed E-state index contributed by atoms with van der Waals surface area (Å²) in [5.41, 5.74) is 1.93. The number of thioether (sulfide) groups is 1. The minimum atomic E-state index is -0.505. The second-order valence-electron chi connectivity index (χ2n) is 7.29. The lowest BCUT2D eigenvalue weighted by molar-refractivity contribution is -0.115. The number of allylic oxidation sites excluding steroid dienone is 1. The summed E-state index contributed by atoms with van der Waals surface area (Å²) in [4.78, 5) is 44.0. The minimum Gasteiger partial charge on any atom is -0.325 e. The molecule has 1 aromatic carbocycles. The van der Waals surface area contributed by atoms with E-state index in [1.807, 2.05) is 22.9 Å². The van der Waals surface area contributed by atoms with Crippen molar-refractivity contribution in [1.82, 2.24) is 9.55 Å². The first-order chi connectivity index (χ1) is 15.9. The third-order valence-electron chi connectivity index (χ3n) is 4.97. The molecule has 0 fully saturated rings. The van der Waals surface area contributed by atoms with Gasteiger partial charge >= 0.3 is 0 Å². The number of nitrogens with zero attached hydrogens (tertiary/aromatic N) is 2. The van der Waals surface area contributed by atoms with E-state index < -0.39 is 5.25 Å². The van der Waals surface area contributed by atoms with Gasteiger partial charge in [0.2, 0.25) is 5.91 Å². The summed E-state index contributed by atoms with van der Waals surface area (Å²) in [6, 6.07) is 10.7. The van der Waals surface area contributed by atoms with E-state index in [0.29, 0.717) is 33.2 Å². The fourth-order valence-corrected chi connectivity index (χ4v) is 5.96. The fourth-order valence-electron chi connectivity index (χ4n) is 3.24. The van der Waals surface area contributed by atoms with Crippen LogP contribution in [0.15, 0.2) is 69.8 Å².